The molecule has 0 saturated carbocycles. The van der Waals surface area contributed by atoms with Gasteiger partial charge in [-0.25, -0.2) is 9.78 Å². The van der Waals surface area contributed by atoms with Gasteiger partial charge in [0.25, 0.3) is 0 Å². The van der Waals surface area contributed by atoms with Gasteiger partial charge in [-0.1, -0.05) is 12.1 Å². The van der Waals surface area contributed by atoms with Crippen LogP contribution >= 0.6 is 11.3 Å². The summed E-state index contributed by atoms with van der Waals surface area (Å²) in [6.45, 7) is 4.85. The maximum atomic E-state index is 12.6. The number of nitrogens with one attached hydrogen (secondary N) is 1. The zero-order valence-electron chi connectivity index (χ0n) is 14.2. The Morgan fingerprint density at radius 1 is 1.42 bits per heavy atom. The lowest BCUT2D eigenvalue weighted by molar-refractivity contribution is 0.138. The highest BCUT2D eigenvalue weighted by Gasteiger charge is 2.30. The molecule has 3 rings (SSSR count). The van der Waals surface area contributed by atoms with Crippen molar-refractivity contribution in [3.8, 4) is 0 Å². The largest absolute Gasteiger partial charge is 0.382 e. The Balaban J connectivity index is 1.65. The summed E-state index contributed by atoms with van der Waals surface area (Å²) in [4.78, 5) is 19.3. The van der Waals surface area contributed by atoms with E-state index in [-0.39, 0.29) is 12.1 Å². The van der Waals surface area contributed by atoms with Gasteiger partial charge in [-0.3, -0.25) is 0 Å². The van der Waals surface area contributed by atoms with E-state index >= 15 is 0 Å². The zero-order valence-corrected chi connectivity index (χ0v) is 15.0. The Labute approximate surface area is 147 Å². The molecule has 1 atom stereocenters. The fourth-order valence-corrected chi connectivity index (χ4v) is 4.19. The zero-order chi connectivity index (χ0) is 16.8. The number of para-hydroxylation sites is 1. The van der Waals surface area contributed by atoms with Crippen molar-refractivity contribution in [1.29, 1.82) is 0 Å². The molecular formula is C18H25N3O2S. The average molecular weight is 347 g/mol. The number of rotatable bonds is 6. The fraction of sp³-hybridized carbons (Fsp3) is 0.556. The molecule has 0 spiro atoms. The van der Waals surface area contributed by atoms with Crippen LogP contribution in [-0.2, 0) is 4.74 Å². The Kier molecular flexibility index (Phi) is 6.04. The minimum Gasteiger partial charge on any atom is -0.382 e. The van der Waals surface area contributed by atoms with E-state index in [1.54, 1.807) is 11.3 Å². The second-order valence-electron chi connectivity index (χ2n) is 6.01. The lowest BCUT2D eigenvalue weighted by Crippen LogP contribution is -2.45. The van der Waals surface area contributed by atoms with Crippen molar-refractivity contribution in [3.05, 3.63) is 29.3 Å². The number of fused-ring (bicyclic) bond motifs is 1. The van der Waals surface area contributed by atoms with Crippen LogP contribution in [0.5, 0.6) is 0 Å². The summed E-state index contributed by atoms with van der Waals surface area (Å²) < 4.78 is 6.50. The van der Waals surface area contributed by atoms with Crippen LogP contribution in [-0.4, -0.2) is 42.2 Å². The molecule has 1 aromatic heterocycles. The van der Waals surface area contributed by atoms with Crippen molar-refractivity contribution in [2.24, 2.45) is 0 Å². The second-order valence-corrected chi connectivity index (χ2v) is 7.07. The van der Waals surface area contributed by atoms with Crippen LogP contribution in [0.1, 0.15) is 43.7 Å². The van der Waals surface area contributed by atoms with Crippen LogP contribution in [0, 0.1) is 0 Å². The van der Waals surface area contributed by atoms with E-state index in [9.17, 15) is 4.79 Å². The van der Waals surface area contributed by atoms with Crippen molar-refractivity contribution in [1.82, 2.24) is 15.2 Å². The molecule has 1 aliphatic rings. The first-order valence-corrected chi connectivity index (χ1v) is 9.59. The van der Waals surface area contributed by atoms with Gasteiger partial charge < -0.3 is 15.0 Å². The van der Waals surface area contributed by atoms with Gasteiger partial charge in [0.1, 0.15) is 5.01 Å². The molecule has 1 saturated heterocycles. The molecule has 0 radical (unpaired) electrons. The van der Waals surface area contributed by atoms with Crippen LogP contribution in [0.3, 0.4) is 0 Å². The number of nitrogens with zero attached hydrogens (tertiary/aromatic N) is 2. The number of urea groups is 1. The van der Waals surface area contributed by atoms with Gasteiger partial charge in [-0.2, -0.15) is 0 Å². The third-order valence-corrected chi connectivity index (χ3v) is 5.44. The van der Waals surface area contributed by atoms with Crippen LogP contribution in [0.25, 0.3) is 10.2 Å². The highest BCUT2D eigenvalue weighted by atomic mass is 32.1. The van der Waals surface area contributed by atoms with Gasteiger partial charge in [-0.15, -0.1) is 11.3 Å². The lowest BCUT2D eigenvalue weighted by Gasteiger charge is -2.34. The maximum absolute atomic E-state index is 12.6. The summed E-state index contributed by atoms with van der Waals surface area (Å²) in [6.07, 6.45) is 4.05. The molecule has 130 valence electrons. The molecule has 0 unspecified atom stereocenters. The summed E-state index contributed by atoms with van der Waals surface area (Å²) in [7, 11) is 0. The number of piperidine rings is 1. The highest BCUT2D eigenvalue weighted by molar-refractivity contribution is 7.18. The fourth-order valence-electron chi connectivity index (χ4n) is 3.08. The minimum absolute atomic E-state index is 0.0236. The monoisotopic (exact) mass is 347 g/mol. The molecule has 1 N–H and O–H groups in total. The topological polar surface area (TPSA) is 54.5 Å². The number of carbonyl (C=O) groups is 1. The molecule has 1 aliphatic heterocycles. The molecule has 6 heteroatoms. The summed E-state index contributed by atoms with van der Waals surface area (Å²) in [5.41, 5.74) is 1.03. The van der Waals surface area contributed by atoms with Crippen molar-refractivity contribution < 1.29 is 9.53 Å². The van der Waals surface area contributed by atoms with E-state index in [1.165, 1.54) is 4.70 Å². The van der Waals surface area contributed by atoms with E-state index in [0.29, 0.717) is 13.2 Å². The molecule has 1 fully saturated rings. The number of ether oxygens (including phenoxy) is 1. The Bertz CT molecular complexity index is 640. The number of carbonyl (C=O) groups excluding carboxylic acids is 1. The first kappa shape index (κ1) is 17.2. The summed E-state index contributed by atoms with van der Waals surface area (Å²) in [6, 6.07) is 8.30. The van der Waals surface area contributed by atoms with E-state index in [4.69, 9.17) is 9.72 Å². The Hall–Kier alpha value is -1.66. The lowest BCUT2D eigenvalue weighted by atomic mass is 10.0. The van der Waals surface area contributed by atoms with Crippen molar-refractivity contribution in [2.75, 3.05) is 26.3 Å². The van der Waals surface area contributed by atoms with Gasteiger partial charge in [-0.05, 0) is 44.7 Å². The minimum atomic E-state index is 0.0236. The van der Waals surface area contributed by atoms with Gasteiger partial charge >= 0.3 is 6.03 Å². The van der Waals surface area contributed by atoms with Crippen LogP contribution < -0.4 is 5.32 Å². The highest BCUT2D eigenvalue weighted by Crippen LogP contribution is 2.35. The van der Waals surface area contributed by atoms with Crippen molar-refractivity contribution >= 4 is 27.6 Å². The molecule has 2 heterocycles. The molecule has 0 aliphatic carbocycles. The third-order valence-electron chi connectivity index (χ3n) is 4.30. The number of thiazole rings is 1. The number of amides is 2. The van der Waals surface area contributed by atoms with Crippen LogP contribution in [0.2, 0.25) is 0 Å². The number of hydrogen-bond donors (Lipinski definition) is 1. The normalized spacial score (nSPS) is 18.0. The predicted octanol–water partition coefficient (Wildman–Crippen LogP) is 3.96. The van der Waals surface area contributed by atoms with Gasteiger partial charge in [0.15, 0.2) is 0 Å². The van der Waals surface area contributed by atoms with Crippen LogP contribution in [0.4, 0.5) is 4.79 Å². The van der Waals surface area contributed by atoms with Crippen molar-refractivity contribution in [3.63, 3.8) is 0 Å². The standard InChI is InChI=1S/C18H25N3O2S/c1-2-23-13-7-11-19-18(22)21-12-6-5-9-15(21)17-20-14-8-3-4-10-16(14)24-17/h3-4,8,10,15H,2,5-7,9,11-13H2,1H3,(H,19,22)/t15-/m1/s1. The van der Waals surface area contributed by atoms with E-state index < -0.39 is 0 Å². The smallest absolute Gasteiger partial charge is 0.317 e. The predicted molar refractivity (Wildman–Crippen MR) is 97.4 cm³/mol. The number of benzene rings is 1. The SMILES string of the molecule is CCOCCCNC(=O)N1CCCC[C@@H]1c1nc2ccccc2s1. The van der Waals surface area contributed by atoms with Gasteiger partial charge in [0.05, 0.1) is 16.3 Å². The van der Waals surface area contributed by atoms with E-state index in [1.807, 2.05) is 30.0 Å². The second kappa shape index (κ2) is 8.44. The maximum Gasteiger partial charge on any atom is 0.317 e. The third kappa shape index (κ3) is 4.05. The average Bonchev–Trinajstić information content (AvgIpc) is 3.05. The molecule has 5 nitrogen and oxygen atoms in total. The van der Waals surface area contributed by atoms with Gasteiger partial charge in [0.2, 0.25) is 0 Å². The first-order valence-electron chi connectivity index (χ1n) is 8.77. The number of aromatic nitrogens is 1. The first-order chi connectivity index (χ1) is 11.8. The molecule has 24 heavy (non-hydrogen) atoms. The summed E-state index contributed by atoms with van der Waals surface area (Å²) in [5, 5.41) is 4.08. The molecule has 0 bridgehead atoms. The molecular weight excluding hydrogens is 322 g/mol. The van der Waals surface area contributed by atoms with Gasteiger partial charge in [0, 0.05) is 26.3 Å². The van der Waals surface area contributed by atoms with E-state index in [2.05, 4.69) is 11.4 Å². The number of hydrogen-bond acceptors (Lipinski definition) is 4. The molecule has 2 aromatic rings. The Morgan fingerprint density at radius 2 is 2.29 bits per heavy atom. The van der Waals surface area contributed by atoms with Crippen molar-refractivity contribution in [2.45, 2.75) is 38.6 Å². The Morgan fingerprint density at radius 3 is 3.12 bits per heavy atom. The summed E-state index contributed by atoms with van der Waals surface area (Å²) >= 11 is 1.71. The number of likely N-dealkylation sites (tertiary alicyclic amines) is 1. The van der Waals surface area contributed by atoms with E-state index in [0.717, 1.165) is 49.4 Å². The molecule has 2 amide bonds. The van der Waals surface area contributed by atoms with Crippen LogP contribution in [0.15, 0.2) is 24.3 Å². The summed E-state index contributed by atoms with van der Waals surface area (Å²) in [5.74, 6) is 0. The quantitative estimate of drug-likeness (QED) is 0.805. The molecule has 1 aromatic carbocycles.